The first-order valence-corrected chi connectivity index (χ1v) is 8.87. The molecule has 1 saturated carbocycles. The minimum absolute atomic E-state index is 0.0717. The third kappa shape index (κ3) is 6.32. The molecule has 0 bridgehead atoms. The Bertz CT molecular complexity index is 404. The first-order valence-electron chi connectivity index (χ1n) is 8.87. The van der Waals surface area contributed by atoms with Crippen LogP contribution in [0.15, 0.2) is 0 Å². The summed E-state index contributed by atoms with van der Waals surface area (Å²) in [5, 5.41) is 0. The van der Waals surface area contributed by atoms with E-state index >= 15 is 0 Å². The van der Waals surface area contributed by atoms with Crippen molar-refractivity contribution < 1.29 is 23.9 Å². The van der Waals surface area contributed by atoms with Crippen LogP contribution in [0.1, 0.15) is 78.1 Å². The lowest BCUT2D eigenvalue weighted by Gasteiger charge is -2.24. The van der Waals surface area contributed by atoms with Gasteiger partial charge in [-0.25, -0.2) is 0 Å². The van der Waals surface area contributed by atoms with Crippen molar-refractivity contribution in [2.45, 2.75) is 78.1 Å². The van der Waals surface area contributed by atoms with E-state index in [0.29, 0.717) is 25.9 Å². The van der Waals surface area contributed by atoms with E-state index in [1.54, 1.807) is 0 Å². The Morgan fingerprint density at radius 2 is 1.74 bits per heavy atom. The Balaban J connectivity index is 2.38. The van der Waals surface area contributed by atoms with Gasteiger partial charge in [-0.05, 0) is 19.3 Å². The summed E-state index contributed by atoms with van der Waals surface area (Å²) in [5.74, 6) is -0.899. The second-order valence-electron chi connectivity index (χ2n) is 6.35. The van der Waals surface area contributed by atoms with Crippen LogP contribution in [-0.2, 0) is 23.9 Å². The number of rotatable bonds is 11. The molecule has 0 saturated heterocycles. The molecule has 1 aliphatic rings. The minimum Gasteiger partial charge on any atom is -0.466 e. The lowest BCUT2D eigenvalue weighted by atomic mass is 9.82. The topological polar surface area (TPSA) is 69.7 Å². The fourth-order valence-corrected chi connectivity index (χ4v) is 3.07. The Morgan fingerprint density at radius 3 is 2.35 bits per heavy atom. The second-order valence-corrected chi connectivity index (χ2v) is 6.35. The number of Topliss-reactive ketones (excluding diaryl/α,β-unsaturated/α-hetero) is 1. The lowest BCUT2D eigenvalue weighted by Crippen LogP contribution is -2.38. The molecule has 5 heteroatoms. The third-order valence-electron chi connectivity index (χ3n) is 4.50. The van der Waals surface area contributed by atoms with Crippen LogP contribution in [0.2, 0.25) is 0 Å². The molecule has 23 heavy (non-hydrogen) atoms. The Hall–Kier alpha value is -1.39. The van der Waals surface area contributed by atoms with E-state index < -0.39 is 17.4 Å². The van der Waals surface area contributed by atoms with Gasteiger partial charge in [0, 0.05) is 19.8 Å². The second kappa shape index (κ2) is 10.4. The van der Waals surface area contributed by atoms with Crippen LogP contribution in [0.5, 0.6) is 0 Å². The molecule has 0 radical (unpaired) electrons. The average Bonchev–Trinajstić information content (AvgIpc) is 2.88. The molecule has 0 aromatic carbocycles. The Kier molecular flexibility index (Phi) is 8.89. The summed E-state index contributed by atoms with van der Waals surface area (Å²) in [6.07, 6.45) is 8.55. The quantitative estimate of drug-likeness (QED) is 0.330. The summed E-state index contributed by atoms with van der Waals surface area (Å²) < 4.78 is 10.3. The van der Waals surface area contributed by atoms with Crippen molar-refractivity contribution >= 4 is 17.7 Å². The molecule has 0 aliphatic heterocycles. The monoisotopic (exact) mass is 326 g/mol. The predicted molar refractivity (Wildman–Crippen MR) is 86.9 cm³/mol. The normalized spacial score (nSPS) is 20.5. The first-order chi connectivity index (χ1) is 11.0. The molecule has 1 atom stereocenters. The molecule has 1 aliphatic carbocycles. The molecular weight excluding hydrogens is 296 g/mol. The van der Waals surface area contributed by atoms with Crippen molar-refractivity contribution in [3.63, 3.8) is 0 Å². The van der Waals surface area contributed by atoms with E-state index in [9.17, 15) is 14.4 Å². The van der Waals surface area contributed by atoms with E-state index in [-0.39, 0.29) is 18.8 Å². The van der Waals surface area contributed by atoms with Gasteiger partial charge in [-0.3, -0.25) is 14.4 Å². The van der Waals surface area contributed by atoms with Gasteiger partial charge in [0.15, 0.2) is 0 Å². The highest BCUT2D eigenvalue weighted by atomic mass is 16.5. The van der Waals surface area contributed by atoms with Gasteiger partial charge in [0.25, 0.3) is 0 Å². The molecule has 0 amide bonds. The van der Waals surface area contributed by atoms with Crippen LogP contribution in [0.4, 0.5) is 0 Å². The molecule has 0 aromatic rings. The number of hydrogen-bond donors (Lipinski definition) is 0. The smallest absolute Gasteiger partial charge is 0.319 e. The van der Waals surface area contributed by atoms with E-state index in [0.717, 1.165) is 19.3 Å². The molecule has 0 spiro atoms. The van der Waals surface area contributed by atoms with Gasteiger partial charge in [0.2, 0.25) is 0 Å². The minimum atomic E-state index is -1.09. The SMILES string of the molecule is CCCCCCCCOC(=O)C1(CCOC(C)=O)CCCC1=O. The highest BCUT2D eigenvalue weighted by Gasteiger charge is 2.49. The summed E-state index contributed by atoms with van der Waals surface area (Å²) in [7, 11) is 0. The van der Waals surface area contributed by atoms with E-state index in [1.165, 1.54) is 26.2 Å². The zero-order chi connectivity index (χ0) is 17.1. The number of unbranched alkanes of at least 4 members (excludes halogenated alkanes) is 5. The maximum atomic E-state index is 12.4. The van der Waals surface area contributed by atoms with Gasteiger partial charge in [-0.15, -0.1) is 0 Å². The number of ether oxygens (including phenoxy) is 2. The van der Waals surface area contributed by atoms with Crippen molar-refractivity contribution in [1.29, 1.82) is 0 Å². The molecule has 0 aromatic heterocycles. The predicted octanol–water partition coefficient (Wildman–Crippen LogP) is 3.58. The first kappa shape index (κ1) is 19.7. The molecule has 1 fully saturated rings. The highest BCUT2D eigenvalue weighted by Crippen LogP contribution is 2.39. The van der Waals surface area contributed by atoms with Crippen molar-refractivity contribution in [1.82, 2.24) is 0 Å². The molecule has 5 nitrogen and oxygen atoms in total. The van der Waals surface area contributed by atoms with E-state index in [2.05, 4.69) is 6.92 Å². The van der Waals surface area contributed by atoms with Gasteiger partial charge >= 0.3 is 11.9 Å². The zero-order valence-corrected chi connectivity index (χ0v) is 14.5. The van der Waals surface area contributed by atoms with Gasteiger partial charge in [-0.2, -0.15) is 0 Å². The largest absolute Gasteiger partial charge is 0.466 e. The highest BCUT2D eigenvalue weighted by molar-refractivity contribution is 6.05. The number of ketones is 1. The fraction of sp³-hybridized carbons (Fsp3) is 0.833. The summed E-state index contributed by atoms with van der Waals surface area (Å²) >= 11 is 0. The van der Waals surface area contributed by atoms with Crippen molar-refractivity contribution in [3.8, 4) is 0 Å². The van der Waals surface area contributed by atoms with Crippen molar-refractivity contribution in [2.24, 2.45) is 5.41 Å². The maximum absolute atomic E-state index is 12.4. The lowest BCUT2D eigenvalue weighted by molar-refractivity contribution is -0.162. The summed E-state index contributed by atoms with van der Waals surface area (Å²) in [6.45, 7) is 3.95. The fourth-order valence-electron chi connectivity index (χ4n) is 3.07. The van der Waals surface area contributed by atoms with Gasteiger partial charge in [0.05, 0.1) is 13.2 Å². The zero-order valence-electron chi connectivity index (χ0n) is 14.5. The summed E-state index contributed by atoms with van der Waals surface area (Å²) in [4.78, 5) is 35.5. The third-order valence-corrected chi connectivity index (χ3v) is 4.50. The van der Waals surface area contributed by atoms with Crippen LogP contribution < -0.4 is 0 Å². The Labute approximate surface area is 139 Å². The van der Waals surface area contributed by atoms with Gasteiger partial charge < -0.3 is 9.47 Å². The summed E-state index contributed by atoms with van der Waals surface area (Å²) in [6, 6.07) is 0. The molecule has 132 valence electrons. The summed E-state index contributed by atoms with van der Waals surface area (Å²) in [5.41, 5.74) is -1.09. The van der Waals surface area contributed by atoms with Crippen LogP contribution in [0, 0.1) is 5.41 Å². The van der Waals surface area contributed by atoms with E-state index in [1.807, 2.05) is 0 Å². The molecule has 0 heterocycles. The molecule has 1 rings (SSSR count). The number of esters is 2. The maximum Gasteiger partial charge on any atom is 0.319 e. The molecule has 1 unspecified atom stereocenters. The van der Waals surface area contributed by atoms with Crippen LogP contribution >= 0.6 is 0 Å². The Morgan fingerprint density at radius 1 is 1.04 bits per heavy atom. The van der Waals surface area contributed by atoms with Crippen LogP contribution in [0.3, 0.4) is 0 Å². The average molecular weight is 326 g/mol. The van der Waals surface area contributed by atoms with Crippen molar-refractivity contribution in [2.75, 3.05) is 13.2 Å². The van der Waals surface area contributed by atoms with Gasteiger partial charge in [0.1, 0.15) is 11.2 Å². The van der Waals surface area contributed by atoms with Crippen LogP contribution in [0.25, 0.3) is 0 Å². The standard InChI is InChI=1S/C18H30O5/c1-3-4-5-6-7-8-13-23-17(21)18(11-9-10-16(18)20)12-14-22-15(2)19/h3-14H2,1-2H3. The van der Waals surface area contributed by atoms with Crippen molar-refractivity contribution in [3.05, 3.63) is 0 Å². The van der Waals surface area contributed by atoms with Crippen LogP contribution in [-0.4, -0.2) is 30.9 Å². The number of carbonyl (C=O) groups excluding carboxylic acids is 3. The van der Waals surface area contributed by atoms with E-state index in [4.69, 9.17) is 9.47 Å². The van der Waals surface area contributed by atoms with Gasteiger partial charge in [-0.1, -0.05) is 39.0 Å². The number of hydrogen-bond acceptors (Lipinski definition) is 5. The molecule has 0 N–H and O–H groups in total. The number of carbonyl (C=O) groups is 3. The molecular formula is C18H30O5.